The fourth-order valence-corrected chi connectivity index (χ4v) is 2.27. The summed E-state index contributed by atoms with van der Waals surface area (Å²) in [5.74, 6) is -0.556. The summed E-state index contributed by atoms with van der Waals surface area (Å²) in [7, 11) is 0. The first-order valence-corrected chi connectivity index (χ1v) is 7.01. The average Bonchev–Trinajstić information content (AvgIpc) is 2.39. The monoisotopic (exact) mass is 278 g/mol. The maximum Gasteiger partial charge on any atom is 0.303 e. The van der Waals surface area contributed by atoms with Gasteiger partial charge in [-0.05, 0) is 45.1 Å². The van der Waals surface area contributed by atoms with Crippen LogP contribution in [-0.4, -0.2) is 22.6 Å². The van der Waals surface area contributed by atoms with E-state index in [2.05, 4.69) is 0 Å². The average molecular weight is 278 g/mol. The molecule has 0 bridgehead atoms. The quantitative estimate of drug-likeness (QED) is 0.726. The van der Waals surface area contributed by atoms with Crippen LogP contribution in [0.2, 0.25) is 0 Å². The van der Waals surface area contributed by atoms with Crippen LogP contribution < -0.4 is 0 Å². The standard InChI is InChI=1S/C16H22O4/c1-10(7-8-15(18)19)5-4-6-13-9-14(17)11(2)12(3)16(13)20/h9-10H,4-8H2,1-3H3,(H,18,19). The van der Waals surface area contributed by atoms with E-state index in [1.54, 1.807) is 13.8 Å². The molecular formula is C16H22O4. The molecule has 4 nitrogen and oxygen atoms in total. The Balaban J connectivity index is 2.43. The number of carbonyl (C=O) groups excluding carboxylic acids is 2. The third-order valence-electron chi connectivity index (χ3n) is 3.86. The van der Waals surface area contributed by atoms with Crippen molar-refractivity contribution in [2.24, 2.45) is 5.92 Å². The summed E-state index contributed by atoms with van der Waals surface area (Å²) in [6.45, 7) is 5.38. The number of allylic oxidation sites excluding steroid dienone is 4. The SMILES string of the molecule is CC1=C(C)C(=O)C(CCCC(C)CCC(=O)O)=CC1=O. The largest absolute Gasteiger partial charge is 0.481 e. The lowest BCUT2D eigenvalue weighted by Gasteiger charge is -2.15. The Kier molecular flexibility index (Phi) is 5.86. The molecule has 0 aromatic carbocycles. The van der Waals surface area contributed by atoms with E-state index in [-0.39, 0.29) is 18.0 Å². The molecule has 1 aliphatic carbocycles. The van der Waals surface area contributed by atoms with Gasteiger partial charge in [0.2, 0.25) is 0 Å². The second-order valence-corrected chi connectivity index (χ2v) is 5.54. The van der Waals surface area contributed by atoms with E-state index in [4.69, 9.17) is 5.11 Å². The first-order chi connectivity index (χ1) is 9.32. The molecular weight excluding hydrogens is 256 g/mol. The van der Waals surface area contributed by atoms with Crippen molar-refractivity contribution >= 4 is 17.5 Å². The Hall–Kier alpha value is -1.71. The highest BCUT2D eigenvalue weighted by Gasteiger charge is 2.22. The lowest BCUT2D eigenvalue weighted by atomic mass is 9.88. The molecule has 0 saturated heterocycles. The van der Waals surface area contributed by atoms with Crippen LogP contribution in [0.15, 0.2) is 22.8 Å². The van der Waals surface area contributed by atoms with E-state index in [0.29, 0.717) is 35.5 Å². The van der Waals surface area contributed by atoms with Crippen molar-refractivity contribution in [2.75, 3.05) is 0 Å². The van der Waals surface area contributed by atoms with Gasteiger partial charge in [0.15, 0.2) is 11.6 Å². The number of hydrogen-bond acceptors (Lipinski definition) is 3. The summed E-state index contributed by atoms with van der Waals surface area (Å²) < 4.78 is 0. The van der Waals surface area contributed by atoms with Crippen LogP contribution in [-0.2, 0) is 14.4 Å². The number of aliphatic carboxylic acids is 1. The maximum absolute atomic E-state index is 12.0. The zero-order chi connectivity index (χ0) is 15.3. The van der Waals surface area contributed by atoms with Crippen LogP contribution in [0.1, 0.15) is 52.9 Å². The van der Waals surface area contributed by atoms with Crippen LogP contribution in [0.3, 0.4) is 0 Å². The predicted octanol–water partition coefficient (Wildman–Crippen LogP) is 3.07. The van der Waals surface area contributed by atoms with Gasteiger partial charge in [0.05, 0.1) is 0 Å². The Bertz CT molecular complexity index is 483. The van der Waals surface area contributed by atoms with Crippen molar-refractivity contribution in [2.45, 2.75) is 52.9 Å². The molecule has 0 radical (unpaired) electrons. The van der Waals surface area contributed by atoms with Crippen molar-refractivity contribution in [3.63, 3.8) is 0 Å². The third-order valence-corrected chi connectivity index (χ3v) is 3.86. The lowest BCUT2D eigenvalue weighted by Crippen LogP contribution is -2.16. The van der Waals surface area contributed by atoms with Gasteiger partial charge < -0.3 is 5.11 Å². The molecule has 0 aliphatic heterocycles. The third kappa shape index (κ3) is 4.44. The zero-order valence-corrected chi connectivity index (χ0v) is 12.4. The number of carboxylic acid groups (broad SMARTS) is 1. The molecule has 1 aliphatic rings. The van der Waals surface area contributed by atoms with E-state index in [1.807, 2.05) is 6.92 Å². The normalized spacial score (nSPS) is 17.2. The number of Topliss-reactive ketones (excluding diaryl/α,β-unsaturated/α-hetero) is 1. The minimum atomic E-state index is -0.774. The van der Waals surface area contributed by atoms with Gasteiger partial charge in [-0.3, -0.25) is 14.4 Å². The van der Waals surface area contributed by atoms with Crippen molar-refractivity contribution in [3.05, 3.63) is 22.8 Å². The summed E-state index contributed by atoms with van der Waals surface area (Å²) in [5, 5.41) is 8.61. The number of carboxylic acids is 1. The number of ketones is 2. The summed E-state index contributed by atoms with van der Waals surface area (Å²) in [6, 6.07) is 0. The second-order valence-electron chi connectivity index (χ2n) is 5.54. The van der Waals surface area contributed by atoms with E-state index in [0.717, 1.165) is 12.8 Å². The number of hydrogen-bond donors (Lipinski definition) is 1. The van der Waals surface area contributed by atoms with E-state index in [1.165, 1.54) is 6.08 Å². The van der Waals surface area contributed by atoms with Gasteiger partial charge in [0.1, 0.15) is 0 Å². The fourth-order valence-electron chi connectivity index (χ4n) is 2.27. The van der Waals surface area contributed by atoms with Gasteiger partial charge >= 0.3 is 5.97 Å². The van der Waals surface area contributed by atoms with Gasteiger partial charge in [-0.2, -0.15) is 0 Å². The lowest BCUT2D eigenvalue weighted by molar-refractivity contribution is -0.137. The highest BCUT2D eigenvalue weighted by atomic mass is 16.4. The van der Waals surface area contributed by atoms with E-state index < -0.39 is 5.97 Å². The van der Waals surface area contributed by atoms with E-state index in [9.17, 15) is 14.4 Å². The predicted molar refractivity (Wildman–Crippen MR) is 76.4 cm³/mol. The molecule has 1 rings (SSSR count). The molecule has 0 spiro atoms. The van der Waals surface area contributed by atoms with Crippen LogP contribution in [0.5, 0.6) is 0 Å². The zero-order valence-electron chi connectivity index (χ0n) is 12.4. The molecule has 20 heavy (non-hydrogen) atoms. The maximum atomic E-state index is 12.0. The van der Waals surface area contributed by atoms with Gasteiger partial charge in [0.25, 0.3) is 0 Å². The molecule has 1 N–H and O–H groups in total. The first kappa shape index (κ1) is 16.3. The van der Waals surface area contributed by atoms with Gasteiger partial charge in [0, 0.05) is 23.1 Å². The smallest absolute Gasteiger partial charge is 0.303 e. The Labute approximate surface area is 119 Å². The molecule has 4 heteroatoms. The molecule has 0 aromatic heterocycles. The highest BCUT2D eigenvalue weighted by Crippen LogP contribution is 2.23. The molecule has 0 fully saturated rings. The van der Waals surface area contributed by atoms with Crippen molar-refractivity contribution in [1.82, 2.24) is 0 Å². The second kappa shape index (κ2) is 7.17. The molecule has 0 aromatic rings. The number of carbonyl (C=O) groups is 3. The summed E-state index contributed by atoms with van der Waals surface area (Å²) in [5.41, 5.74) is 1.67. The summed E-state index contributed by atoms with van der Waals surface area (Å²) in [6.07, 6.45) is 4.55. The van der Waals surface area contributed by atoms with Crippen molar-refractivity contribution in [3.8, 4) is 0 Å². The molecule has 0 amide bonds. The Morgan fingerprint density at radius 2 is 1.85 bits per heavy atom. The topological polar surface area (TPSA) is 71.4 Å². The molecule has 0 saturated carbocycles. The van der Waals surface area contributed by atoms with Crippen molar-refractivity contribution in [1.29, 1.82) is 0 Å². The van der Waals surface area contributed by atoms with Crippen LogP contribution >= 0.6 is 0 Å². The van der Waals surface area contributed by atoms with Gasteiger partial charge in [-0.1, -0.05) is 13.3 Å². The highest BCUT2D eigenvalue weighted by molar-refractivity contribution is 6.22. The van der Waals surface area contributed by atoms with E-state index >= 15 is 0 Å². The Morgan fingerprint density at radius 1 is 1.20 bits per heavy atom. The molecule has 0 heterocycles. The first-order valence-electron chi connectivity index (χ1n) is 7.01. The summed E-state index contributed by atoms with van der Waals surface area (Å²) >= 11 is 0. The van der Waals surface area contributed by atoms with Gasteiger partial charge in [-0.25, -0.2) is 0 Å². The van der Waals surface area contributed by atoms with Crippen LogP contribution in [0, 0.1) is 5.92 Å². The van der Waals surface area contributed by atoms with Gasteiger partial charge in [-0.15, -0.1) is 0 Å². The van der Waals surface area contributed by atoms with Crippen LogP contribution in [0.25, 0.3) is 0 Å². The molecule has 110 valence electrons. The van der Waals surface area contributed by atoms with Crippen LogP contribution in [0.4, 0.5) is 0 Å². The number of rotatable bonds is 7. The summed E-state index contributed by atoms with van der Waals surface area (Å²) in [4.78, 5) is 34.2. The minimum Gasteiger partial charge on any atom is -0.481 e. The molecule has 1 atom stereocenters. The molecule has 1 unspecified atom stereocenters. The fraction of sp³-hybridized carbons (Fsp3) is 0.562. The Morgan fingerprint density at radius 3 is 2.45 bits per heavy atom. The van der Waals surface area contributed by atoms with Crippen molar-refractivity contribution < 1.29 is 19.5 Å². The minimum absolute atomic E-state index is 0.0275.